The third-order valence-electron chi connectivity index (χ3n) is 8.33. The number of aliphatic hydroxyl groups excluding tert-OH is 1. The number of urea groups is 1. The van der Waals surface area contributed by atoms with Crippen LogP contribution in [0.1, 0.15) is 49.5 Å². The average Bonchev–Trinajstić information content (AvgIpc) is 3.64. The van der Waals surface area contributed by atoms with E-state index in [0.29, 0.717) is 25.2 Å². The van der Waals surface area contributed by atoms with E-state index in [1.54, 1.807) is 9.80 Å². The van der Waals surface area contributed by atoms with Crippen LogP contribution in [0.5, 0.6) is 0 Å². The highest BCUT2D eigenvalue weighted by atomic mass is 32.2. The Hall–Kier alpha value is -4.05. The number of rotatable bonds is 16. The number of nitrogens with two attached hydrogens (primary N) is 1. The Morgan fingerprint density at radius 1 is 1.08 bits per heavy atom. The van der Waals surface area contributed by atoms with Gasteiger partial charge in [0.15, 0.2) is 5.84 Å². The van der Waals surface area contributed by atoms with Crippen LogP contribution in [0.15, 0.2) is 70.0 Å². The zero-order valence-corrected chi connectivity index (χ0v) is 30.2. The van der Waals surface area contributed by atoms with Gasteiger partial charge in [-0.15, -0.1) is 11.3 Å². The molecular weight excluding hydrogens is 667 g/mol. The number of amides is 3. The van der Waals surface area contributed by atoms with Gasteiger partial charge in [-0.05, 0) is 55.0 Å². The number of nitrogens with one attached hydrogen (secondary N) is 1. The van der Waals surface area contributed by atoms with E-state index in [9.17, 15) is 23.1 Å². The molecule has 0 spiro atoms. The van der Waals surface area contributed by atoms with Crippen LogP contribution in [0.3, 0.4) is 0 Å². The Balaban J connectivity index is 1.57. The summed E-state index contributed by atoms with van der Waals surface area (Å²) >= 11 is 1.52. The van der Waals surface area contributed by atoms with Crippen molar-refractivity contribution in [1.29, 1.82) is 0 Å². The standard InChI is InChI=1S/C34H47N7O6S2/c1-22(2)18-40(49(46,47)28-13-11-26(12-14-28)32(35)38-45)20-30(42)29(17-25-9-7-6-8-10-25)37-33(43)31(23(3)4)41-16-15-39(34(41)44)19-27-21-48-24(5)36-27/h6-14,21-23,29-31,42,45H,15-20H2,1-5H3,(H2,35,38)(H,37,43)/t29-,30+,31-/m0/s1. The van der Waals surface area contributed by atoms with Gasteiger partial charge in [-0.2, -0.15) is 4.31 Å². The van der Waals surface area contributed by atoms with Gasteiger partial charge in [0.05, 0.1) is 34.3 Å². The zero-order valence-electron chi connectivity index (χ0n) is 28.6. The maximum absolute atomic E-state index is 14.1. The first-order valence-corrected chi connectivity index (χ1v) is 18.6. The molecule has 1 saturated heterocycles. The summed E-state index contributed by atoms with van der Waals surface area (Å²) in [5.74, 6) is -0.906. The third-order valence-corrected chi connectivity index (χ3v) is 11.0. The third kappa shape index (κ3) is 9.56. The number of oxime groups is 1. The molecule has 49 heavy (non-hydrogen) atoms. The first kappa shape index (κ1) is 37.8. The molecule has 3 aromatic rings. The minimum Gasteiger partial charge on any atom is -0.409 e. The molecule has 3 atom stereocenters. The summed E-state index contributed by atoms with van der Waals surface area (Å²) in [6, 6.07) is 13.0. The van der Waals surface area contributed by atoms with Crippen molar-refractivity contribution >= 4 is 39.1 Å². The van der Waals surface area contributed by atoms with Crippen molar-refractivity contribution in [3.63, 3.8) is 0 Å². The summed E-state index contributed by atoms with van der Waals surface area (Å²) in [5.41, 5.74) is 7.64. The van der Waals surface area contributed by atoms with Gasteiger partial charge in [0.1, 0.15) is 6.04 Å². The molecule has 2 aromatic carbocycles. The van der Waals surface area contributed by atoms with Crippen LogP contribution in [0.25, 0.3) is 0 Å². The van der Waals surface area contributed by atoms with E-state index >= 15 is 0 Å². The number of benzene rings is 2. The van der Waals surface area contributed by atoms with E-state index in [1.807, 2.05) is 70.3 Å². The maximum atomic E-state index is 14.1. The van der Waals surface area contributed by atoms with Crippen LogP contribution in [0.2, 0.25) is 0 Å². The molecule has 3 amide bonds. The Labute approximate surface area is 292 Å². The highest BCUT2D eigenvalue weighted by molar-refractivity contribution is 7.89. The Bertz CT molecular complexity index is 1700. The normalized spacial score (nSPS) is 16.1. The second-order valence-corrected chi connectivity index (χ2v) is 16.0. The van der Waals surface area contributed by atoms with Crippen molar-refractivity contribution in [3.8, 4) is 0 Å². The zero-order chi connectivity index (χ0) is 35.9. The minimum absolute atomic E-state index is 0.0248. The molecule has 0 radical (unpaired) electrons. The molecule has 266 valence electrons. The number of aliphatic hydroxyl groups is 1. The number of sulfonamides is 1. The van der Waals surface area contributed by atoms with Crippen LogP contribution in [0.4, 0.5) is 4.79 Å². The van der Waals surface area contributed by atoms with Crippen molar-refractivity contribution in [3.05, 3.63) is 81.8 Å². The highest BCUT2D eigenvalue weighted by Crippen LogP contribution is 2.23. The molecule has 2 heterocycles. The number of aryl methyl sites for hydroxylation is 1. The number of carbonyl (C=O) groups is 2. The first-order valence-electron chi connectivity index (χ1n) is 16.3. The van der Waals surface area contributed by atoms with Crippen molar-refractivity contribution in [2.45, 2.75) is 70.7 Å². The van der Waals surface area contributed by atoms with Crippen LogP contribution < -0.4 is 11.1 Å². The molecule has 1 aliphatic rings. The second kappa shape index (κ2) is 16.6. The topological polar surface area (TPSA) is 182 Å². The number of hydrogen-bond donors (Lipinski definition) is 4. The first-order chi connectivity index (χ1) is 23.2. The van der Waals surface area contributed by atoms with E-state index in [1.165, 1.54) is 39.9 Å². The molecule has 0 aliphatic carbocycles. The van der Waals surface area contributed by atoms with E-state index in [2.05, 4.69) is 15.5 Å². The Morgan fingerprint density at radius 2 is 1.76 bits per heavy atom. The van der Waals surface area contributed by atoms with Crippen molar-refractivity contribution in [2.75, 3.05) is 26.2 Å². The SMILES string of the molecule is Cc1nc(CN2CCN([C@H](C(=O)N[C@@H](Cc3ccccc3)[C@H](O)CN(CC(C)C)S(=O)(=O)c3ccc(/C(N)=N/O)cc3)C(C)C)C2=O)cs1. The summed E-state index contributed by atoms with van der Waals surface area (Å²) in [6.07, 6.45) is -1.08. The maximum Gasteiger partial charge on any atom is 0.321 e. The number of thiazole rings is 1. The van der Waals surface area contributed by atoms with Gasteiger partial charge in [-0.1, -0.05) is 63.2 Å². The molecule has 5 N–H and O–H groups in total. The number of amidine groups is 1. The van der Waals surface area contributed by atoms with E-state index < -0.39 is 34.1 Å². The van der Waals surface area contributed by atoms with Gasteiger partial charge in [0, 0.05) is 37.1 Å². The second-order valence-electron chi connectivity index (χ2n) is 13.0. The van der Waals surface area contributed by atoms with Gasteiger partial charge in [0.25, 0.3) is 0 Å². The van der Waals surface area contributed by atoms with E-state index in [4.69, 9.17) is 10.9 Å². The predicted octanol–water partition coefficient (Wildman–Crippen LogP) is 3.24. The summed E-state index contributed by atoms with van der Waals surface area (Å²) < 4.78 is 29.0. The van der Waals surface area contributed by atoms with Gasteiger partial charge in [-0.3, -0.25) is 4.79 Å². The largest absolute Gasteiger partial charge is 0.409 e. The summed E-state index contributed by atoms with van der Waals surface area (Å²) in [7, 11) is -4.10. The molecule has 1 fully saturated rings. The molecule has 4 rings (SSSR count). The number of nitrogens with zero attached hydrogens (tertiary/aromatic N) is 5. The lowest BCUT2D eigenvalue weighted by Gasteiger charge is -2.34. The number of aromatic nitrogens is 1. The van der Waals surface area contributed by atoms with Gasteiger partial charge < -0.3 is 31.2 Å². The summed E-state index contributed by atoms with van der Waals surface area (Å²) in [6.45, 7) is 10.4. The van der Waals surface area contributed by atoms with Crippen molar-refractivity contribution in [1.82, 2.24) is 24.4 Å². The Morgan fingerprint density at radius 3 is 2.33 bits per heavy atom. The summed E-state index contributed by atoms with van der Waals surface area (Å²) in [5, 5.41) is 29.5. The fourth-order valence-corrected chi connectivity index (χ4v) is 8.15. The van der Waals surface area contributed by atoms with Crippen molar-refractivity contribution < 1.29 is 28.3 Å². The summed E-state index contributed by atoms with van der Waals surface area (Å²) in [4.78, 5) is 35.3. The highest BCUT2D eigenvalue weighted by Gasteiger charge is 2.40. The molecule has 1 aliphatic heterocycles. The smallest absolute Gasteiger partial charge is 0.321 e. The lowest BCUT2D eigenvalue weighted by molar-refractivity contribution is -0.128. The minimum atomic E-state index is -4.10. The fraction of sp³-hybridized carbons (Fsp3) is 0.471. The van der Waals surface area contributed by atoms with Gasteiger partial charge in [-0.25, -0.2) is 18.2 Å². The quantitative estimate of drug-likeness (QED) is 0.0756. The van der Waals surface area contributed by atoms with Crippen LogP contribution in [0, 0.1) is 18.8 Å². The average molecular weight is 714 g/mol. The lowest BCUT2D eigenvalue weighted by atomic mass is 9.97. The van der Waals surface area contributed by atoms with E-state index in [-0.39, 0.29) is 48.1 Å². The van der Waals surface area contributed by atoms with Crippen molar-refractivity contribution in [2.24, 2.45) is 22.7 Å². The Kier molecular flexibility index (Phi) is 12.8. The van der Waals surface area contributed by atoms with Crippen LogP contribution in [-0.4, -0.2) is 100.0 Å². The molecule has 1 aromatic heterocycles. The number of hydrogen-bond acceptors (Lipinski definition) is 9. The van der Waals surface area contributed by atoms with Gasteiger partial charge in [0.2, 0.25) is 15.9 Å². The van der Waals surface area contributed by atoms with E-state index in [0.717, 1.165) is 16.3 Å². The number of carbonyl (C=O) groups excluding carboxylic acids is 2. The molecule has 0 unspecified atom stereocenters. The van der Waals surface area contributed by atoms with Crippen LogP contribution in [-0.2, 0) is 27.8 Å². The van der Waals surface area contributed by atoms with Gasteiger partial charge >= 0.3 is 6.03 Å². The molecule has 0 bridgehead atoms. The van der Waals surface area contributed by atoms with Crippen LogP contribution >= 0.6 is 11.3 Å². The monoisotopic (exact) mass is 713 g/mol. The predicted molar refractivity (Wildman–Crippen MR) is 189 cm³/mol. The lowest BCUT2D eigenvalue weighted by Crippen LogP contribution is -2.57. The molecular formula is C34H47N7O6S2. The molecule has 13 nitrogen and oxygen atoms in total. The fourth-order valence-electron chi connectivity index (χ4n) is 5.92. The molecule has 15 heteroatoms. The molecule has 0 saturated carbocycles.